The van der Waals surface area contributed by atoms with Crippen LogP contribution in [-0.2, 0) is 4.74 Å². The lowest BCUT2D eigenvalue weighted by atomic mass is 10.2. The van der Waals surface area contributed by atoms with Crippen molar-refractivity contribution in [1.82, 2.24) is 0 Å². The number of methoxy groups -OCH3 is 2. The number of rotatable bonds is 6. The second kappa shape index (κ2) is 6.47. The van der Waals surface area contributed by atoms with Crippen molar-refractivity contribution in [2.75, 3.05) is 20.8 Å². The second-order valence-corrected chi connectivity index (χ2v) is 3.94. The SMILES string of the molecule is COCC(C)Oc1c(Cl)cc(C=O)cc1OC. The van der Waals surface area contributed by atoms with Crippen LogP contribution in [0.4, 0.5) is 0 Å². The predicted octanol–water partition coefficient (Wildman–Crippen LogP) is 2.57. The first-order chi connectivity index (χ1) is 8.12. The van der Waals surface area contributed by atoms with Crippen molar-refractivity contribution in [1.29, 1.82) is 0 Å². The summed E-state index contributed by atoms with van der Waals surface area (Å²) in [6.45, 7) is 2.29. The van der Waals surface area contributed by atoms with Crippen molar-refractivity contribution in [3.05, 3.63) is 22.7 Å². The second-order valence-electron chi connectivity index (χ2n) is 3.54. The summed E-state index contributed by atoms with van der Waals surface area (Å²) in [6, 6.07) is 3.11. The van der Waals surface area contributed by atoms with Crippen molar-refractivity contribution in [3.8, 4) is 11.5 Å². The Bertz CT molecular complexity index is 392. The predicted molar refractivity (Wildman–Crippen MR) is 65.4 cm³/mol. The molecule has 0 saturated heterocycles. The van der Waals surface area contributed by atoms with Crippen molar-refractivity contribution in [2.45, 2.75) is 13.0 Å². The maximum atomic E-state index is 10.7. The molecular formula is C12H15ClO4. The molecule has 4 nitrogen and oxygen atoms in total. The molecule has 1 aromatic carbocycles. The van der Waals surface area contributed by atoms with E-state index >= 15 is 0 Å². The summed E-state index contributed by atoms with van der Waals surface area (Å²) in [6.07, 6.45) is 0.546. The van der Waals surface area contributed by atoms with Gasteiger partial charge in [-0.05, 0) is 19.1 Å². The average Bonchev–Trinajstić information content (AvgIpc) is 2.31. The quantitative estimate of drug-likeness (QED) is 0.736. The third-order valence-electron chi connectivity index (χ3n) is 2.11. The van der Waals surface area contributed by atoms with Gasteiger partial charge in [0.1, 0.15) is 12.4 Å². The van der Waals surface area contributed by atoms with Crippen LogP contribution in [0, 0.1) is 0 Å². The molecule has 1 aromatic rings. The number of hydrogen-bond donors (Lipinski definition) is 0. The average molecular weight is 259 g/mol. The maximum absolute atomic E-state index is 10.7. The number of ether oxygens (including phenoxy) is 3. The summed E-state index contributed by atoms with van der Waals surface area (Å²) in [4.78, 5) is 10.7. The largest absolute Gasteiger partial charge is 0.493 e. The Labute approximate surface area is 105 Å². The van der Waals surface area contributed by atoms with Crippen LogP contribution < -0.4 is 9.47 Å². The highest BCUT2D eigenvalue weighted by atomic mass is 35.5. The van der Waals surface area contributed by atoms with Crippen LogP contribution in [0.2, 0.25) is 5.02 Å². The van der Waals surface area contributed by atoms with Crippen LogP contribution in [0.15, 0.2) is 12.1 Å². The maximum Gasteiger partial charge on any atom is 0.180 e. The molecule has 0 spiro atoms. The number of carbonyl (C=O) groups is 1. The van der Waals surface area contributed by atoms with E-state index in [1.165, 1.54) is 13.2 Å². The molecule has 0 N–H and O–H groups in total. The smallest absolute Gasteiger partial charge is 0.180 e. The van der Waals surface area contributed by atoms with Crippen molar-refractivity contribution < 1.29 is 19.0 Å². The van der Waals surface area contributed by atoms with Crippen LogP contribution in [-0.4, -0.2) is 33.2 Å². The van der Waals surface area contributed by atoms with Gasteiger partial charge in [0.25, 0.3) is 0 Å². The summed E-state index contributed by atoms with van der Waals surface area (Å²) >= 11 is 6.03. The zero-order chi connectivity index (χ0) is 12.8. The summed E-state index contributed by atoms with van der Waals surface area (Å²) in [5.41, 5.74) is 0.443. The molecule has 94 valence electrons. The molecule has 5 heteroatoms. The number of carbonyl (C=O) groups excluding carboxylic acids is 1. The Balaban J connectivity index is 3.01. The molecule has 17 heavy (non-hydrogen) atoms. The third-order valence-corrected chi connectivity index (χ3v) is 2.39. The fraction of sp³-hybridized carbons (Fsp3) is 0.417. The number of hydrogen-bond acceptors (Lipinski definition) is 4. The first kappa shape index (κ1) is 13.8. The highest BCUT2D eigenvalue weighted by Crippen LogP contribution is 2.36. The van der Waals surface area contributed by atoms with Gasteiger partial charge >= 0.3 is 0 Å². The Morgan fingerprint density at radius 2 is 2.12 bits per heavy atom. The van der Waals surface area contributed by atoms with Crippen LogP contribution in [0.25, 0.3) is 0 Å². The van der Waals surface area contributed by atoms with Gasteiger partial charge in [0.05, 0.1) is 18.7 Å². The monoisotopic (exact) mass is 258 g/mol. The minimum atomic E-state index is -0.159. The zero-order valence-corrected chi connectivity index (χ0v) is 10.8. The van der Waals surface area contributed by atoms with Gasteiger partial charge < -0.3 is 14.2 Å². The van der Waals surface area contributed by atoms with Crippen LogP contribution >= 0.6 is 11.6 Å². The van der Waals surface area contributed by atoms with Gasteiger partial charge in [-0.3, -0.25) is 4.79 Å². The van der Waals surface area contributed by atoms with E-state index in [9.17, 15) is 4.79 Å². The molecular weight excluding hydrogens is 244 g/mol. The Morgan fingerprint density at radius 1 is 1.41 bits per heavy atom. The lowest BCUT2D eigenvalue weighted by Gasteiger charge is -2.17. The normalized spacial score (nSPS) is 12.0. The fourth-order valence-electron chi connectivity index (χ4n) is 1.39. The topological polar surface area (TPSA) is 44.8 Å². The molecule has 1 unspecified atom stereocenters. The lowest BCUT2D eigenvalue weighted by Crippen LogP contribution is -2.18. The lowest BCUT2D eigenvalue weighted by molar-refractivity contribution is 0.0900. The molecule has 0 fully saturated rings. The molecule has 0 amide bonds. The first-order valence-electron chi connectivity index (χ1n) is 5.10. The molecule has 0 saturated carbocycles. The molecule has 0 bridgehead atoms. The first-order valence-corrected chi connectivity index (χ1v) is 5.48. The summed E-state index contributed by atoms with van der Waals surface area (Å²) in [7, 11) is 3.09. The van der Waals surface area contributed by atoms with Crippen molar-refractivity contribution in [3.63, 3.8) is 0 Å². The van der Waals surface area contributed by atoms with E-state index in [-0.39, 0.29) is 6.10 Å². The molecule has 0 aliphatic rings. The fourth-order valence-corrected chi connectivity index (χ4v) is 1.66. The van der Waals surface area contributed by atoms with Gasteiger partial charge in [-0.2, -0.15) is 0 Å². The Kier molecular flexibility index (Phi) is 5.25. The highest BCUT2D eigenvalue weighted by Gasteiger charge is 2.14. The summed E-state index contributed by atoms with van der Waals surface area (Å²) in [5, 5.41) is 0.342. The van der Waals surface area contributed by atoms with Crippen LogP contribution in [0.5, 0.6) is 11.5 Å². The highest BCUT2D eigenvalue weighted by molar-refractivity contribution is 6.32. The van der Waals surface area contributed by atoms with Gasteiger partial charge in [-0.25, -0.2) is 0 Å². The molecule has 0 radical (unpaired) electrons. The van der Waals surface area contributed by atoms with Crippen LogP contribution in [0.1, 0.15) is 17.3 Å². The van der Waals surface area contributed by atoms with Crippen molar-refractivity contribution >= 4 is 17.9 Å². The summed E-state index contributed by atoms with van der Waals surface area (Å²) in [5.74, 6) is 0.854. The van der Waals surface area contributed by atoms with E-state index in [1.807, 2.05) is 6.92 Å². The van der Waals surface area contributed by atoms with Gasteiger partial charge in [-0.1, -0.05) is 11.6 Å². The van der Waals surface area contributed by atoms with Gasteiger partial charge in [0.15, 0.2) is 11.5 Å². The number of benzene rings is 1. The number of aldehydes is 1. The molecule has 0 aliphatic heterocycles. The molecule has 0 heterocycles. The Hall–Kier alpha value is -1.26. The van der Waals surface area contributed by atoms with E-state index in [2.05, 4.69) is 0 Å². The van der Waals surface area contributed by atoms with Crippen LogP contribution in [0.3, 0.4) is 0 Å². The Morgan fingerprint density at radius 3 is 2.65 bits per heavy atom. The summed E-state index contributed by atoms with van der Waals surface area (Å²) < 4.78 is 15.7. The standard InChI is InChI=1S/C12H15ClO4/c1-8(7-15-2)17-12-10(13)4-9(6-14)5-11(12)16-3/h4-6,8H,7H2,1-3H3. The molecule has 1 atom stereocenters. The minimum absolute atomic E-state index is 0.159. The number of halogens is 1. The van der Waals surface area contributed by atoms with Gasteiger partial charge in [0.2, 0.25) is 0 Å². The van der Waals surface area contributed by atoms with E-state index in [4.69, 9.17) is 25.8 Å². The van der Waals surface area contributed by atoms with E-state index in [0.717, 1.165) is 0 Å². The van der Waals surface area contributed by atoms with Crippen molar-refractivity contribution in [2.24, 2.45) is 0 Å². The molecule has 0 aliphatic carbocycles. The van der Waals surface area contributed by atoms with Gasteiger partial charge in [-0.15, -0.1) is 0 Å². The zero-order valence-electron chi connectivity index (χ0n) is 10.0. The molecule has 1 rings (SSSR count). The van der Waals surface area contributed by atoms with E-state index in [0.29, 0.717) is 35.0 Å². The molecule has 0 aromatic heterocycles. The third kappa shape index (κ3) is 3.61. The van der Waals surface area contributed by atoms with E-state index < -0.39 is 0 Å². The van der Waals surface area contributed by atoms with E-state index in [1.54, 1.807) is 13.2 Å². The minimum Gasteiger partial charge on any atom is -0.493 e. The van der Waals surface area contributed by atoms with Gasteiger partial charge in [0, 0.05) is 12.7 Å².